The Bertz CT molecular complexity index is 498. The molecule has 1 aromatic rings. The third-order valence-electron chi connectivity index (χ3n) is 2.95. The van der Waals surface area contributed by atoms with E-state index in [-0.39, 0.29) is 17.5 Å². The van der Waals surface area contributed by atoms with E-state index in [1.165, 1.54) is 12.2 Å². The number of thioether (sulfide) groups is 1. The quantitative estimate of drug-likeness (QED) is 0.771. The molecule has 0 aliphatic carbocycles. The number of urea groups is 1. The van der Waals surface area contributed by atoms with Crippen molar-refractivity contribution in [2.45, 2.75) is 31.6 Å². The number of aromatic carboxylic acids is 1. The number of nitrogens with zero attached hydrogens (tertiary/aromatic N) is 1. The van der Waals surface area contributed by atoms with Gasteiger partial charge in [-0.3, -0.25) is 0 Å². The van der Waals surface area contributed by atoms with E-state index in [9.17, 15) is 9.59 Å². The summed E-state index contributed by atoms with van der Waals surface area (Å²) in [5, 5.41) is 15.6. The topological polar surface area (TPSA) is 91.3 Å². The van der Waals surface area contributed by atoms with Crippen LogP contribution < -0.4 is 10.6 Å². The molecule has 0 spiro atoms. The summed E-state index contributed by atoms with van der Waals surface area (Å²) < 4.78 is 0. The van der Waals surface area contributed by atoms with Crippen molar-refractivity contribution in [2.75, 3.05) is 12.3 Å². The van der Waals surface area contributed by atoms with Gasteiger partial charge in [0.05, 0.1) is 12.2 Å². The van der Waals surface area contributed by atoms with E-state index in [0.717, 1.165) is 17.8 Å². The summed E-state index contributed by atoms with van der Waals surface area (Å²) in [6, 6.07) is -0.234. The summed E-state index contributed by atoms with van der Waals surface area (Å²) in [7, 11) is 0. The van der Waals surface area contributed by atoms with E-state index in [1.54, 1.807) is 6.92 Å². The molecule has 1 unspecified atom stereocenters. The normalized spacial score (nSPS) is 17.9. The molecule has 110 valence electrons. The second kappa shape index (κ2) is 6.94. The third kappa shape index (κ3) is 4.11. The second-order valence-corrected chi connectivity index (χ2v) is 7.02. The van der Waals surface area contributed by atoms with Gasteiger partial charge in [-0.05, 0) is 25.5 Å². The van der Waals surface area contributed by atoms with Crippen molar-refractivity contribution in [3.05, 3.63) is 15.6 Å². The Hall–Kier alpha value is -1.28. The minimum Gasteiger partial charge on any atom is -0.477 e. The molecular weight excluding hydrogens is 298 g/mol. The number of carbonyl (C=O) groups excluding carboxylic acids is 1. The first-order valence-corrected chi connectivity index (χ1v) is 8.25. The Balaban J connectivity index is 1.75. The SMILES string of the molecule is Cc1nc(CNC(=O)NCC2CCCS2)sc1C(=O)O. The average molecular weight is 315 g/mol. The molecule has 0 bridgehead atoms. The number of aromatic nitrogens is 1. The monoisotopic (exact) mass is 315 g/mol. The van der Waals surface area contributed by atoms with Crippen LogP contribution in [-0.4, -0.2) is 39.6 Å². The van der Waals surface area contributed by atoms with Crippen LogP contribution >= 0.6 is 23.1 Å². The number of hydrogen-bond donors (Lipinski definition) is 3. The van der Waals surface area contributed by atoms with Gasteiger partial charge in [-0.1, -0.05) is 0 Å². The molecule has 3 N–H and O–H groups in total. The minimum atomic E-state index is -0.978. The van der Waals surface area contributed by atoms with E-state index in [2.05, 4.69) is 15.6 Å². The lowest BCUT2D eigenvalue weighted by atomic mass is 10.2. The Morgan fingerprint density at radius 3 is 2.85 bits per heavy atom. The molecule has 0 radical (unpaired) electrons. The number of carbonyl (C=O) groups is 2. The number of amides is 2. The molecule has 20 heavy (non-hydrogen) atoms. The van der Waals surface area contributed by atoms with Crippen molar-refractivity contribution in [1.29, 1.82) is 0 Å². The highest BCUT2D eigenvalue weighted by atomic mass is 32.2. The maximum atomic E-state index is 11.6. The molecule has 1 aliphatic rings. The van der Waals surface area contributed by atoms with Crippen molar-refractivity contribution in [3.63, 3.8) is 0 Å². The molecule has 1 atom stereocenters. The molecule has 0 saturated carbocycles. The highest BCUT2D eigenvalue weighted by Gasteiger charge is 2.17. The van der Waals surface area contributed by atoms with Crippen LogP contribution in [0.3, 0.4) is 0 Å². The van der Waals surface area contributed by atoms with Gasteiger partial charge in [-0.15, -0.1) is 11.3 Å². The molecule has 0 aromatic carbocycles. The zero-order valence-corrected chi connectivity index (χ0v) is 12.8. The molecule has 1 aliphatic heterocycles. The number of nitrogens with one attached hydrogen (secondary N) is 2. The van der Waals surface area contributed by atoms with Crippen LogP contribution in [0.5, 0.6) is 0 Å². The van der Waals surface area contributed by atoms with E-state index in [1.807, 2.05) is 11.8 Å². The second-order valence-electron chi connectivity index (χ2n) is 4.53. The Morgan fingerprint density at radius 1 is 1.45 bits per heavy atom. The molecule has 1 saturated heterocycles. The van der Waals surface area contributed by atoms with Crippen molar-refractivity contribution in [1.82, 2.24) is 15.6 Å². The largest absolute Gasteiger partial charge is 0.477 e. The van der Waals surface area contributed by atoms with Gasteiger partial charge >= 0.3 is 12.0 Å². The molecular formula is C12H17N3O3S2. The molecule has 2 amide bonds. The Morgan fingerprint density at radius 2 is 2.25 bits per heavy atom. The fraction of sp³-hybridized carbons (Fsp3) is 0.583. The summed E-state index contributed by atoms with van der Waals surface area (Å²) in [6.07, 6.45) is 2.37. The lowest BCUT2D eigenvalue weighted by Gasteiger charge is -2.10. The van der Waals surface area contributed by atoms with Gasteiger partial charge in [0.15, 0.2) is 0 Å². The molecule has 6 nitrogen and oxygen atoms in total. The van der Waals surface area contributed by atoms with Gasteiger partial charge in [-0.25, -0.2) is 14.6 Å². The summed E-state index contributed by atoms with van der Waals surface area (Å²) >= 11 is 2.98. The zero-order chi connectivity index (χ0) is 14.5. The van der Waals surface area contributed by atoms with Crippen molar-refractivity contribution < 1.29 is 14.7 Å². The van der Waals surface area contributed by atoms with Gasteiger partial charge in [0.2, 0.25) is 0 Å². The van der Waals surface area contributed by atoms with Crippen molar-refractivity contribution in [2.24, 2.45) is 0 Å². The van der Waals surface area contributed by atoms with Gasteiger partial charge < -0.3 is 15.7 Å². The van der Waals surface area contributed by atoms with Gasteiger partial charge in [0.1, 0.15) is 9.88 Å². The number of thiazole rings is 1. The first kappa shape index (κ1) is 15.1. The first-order valence-electron chi connectivity index (χ1n) is 6.39. The van der Waals surface area contributed by atoms with Crippen LogP contribution in [0.15, 0.2) is 0 Å². The van der Waals surface area contributed by atoms with E-state index in [4.69, 9.17) is 5.11 Å². The molecule has 2 heterocycles. The molecule has 1 aromatic heterocycles. The smallest absolute Gasteiger partial charge is 0.347 e. The number of aryl methyl sites for hydroxylation is 1. The lowest BCUT2D eigenvalue weighted by Crippen LogP contribution is -2.38. The van der Waals surface area contributed by atoms with Crippen LogP contribution in [0, 0.1) is 6.92 Å². The van der Waals surface area contributed by atoms with Crippen LogP contribution in [-0.2, 0) is 6.54 Å². The Labute approximate surface area is 125 Å². The van der Waals surface area contributed by atoms with Crippen LogP contribution in [0.25, 0.3) is 0 Å². The average Bonchev–Trinajstić information content (AvgIpc) is 3.03. The summed E-state index contributed by atoms with van der Waals surface area (Å²) in [5.41, 5.74) is 0.488. The fourth-order valence-corrected chi connectivity index (χ4v) is 4.00. The van der Waals surface area contributed by atoms with Gasteiger partial charge in [0.25, 0.3) is 0 Å². The fourth-order valence-electron chi connectivity index (χ4n) is 1.96. The van der Waals surface area contributed by atoms with Crippen molar-refractivity contribution >= 4 is 35.1 Å². The summed E-state index contributed by atoms with van der Waals surface area (Å²) in [4.78, 5) is 26.9. The van der Waals surface area contributed by atoms with E-state index in [0.29, 0.717) is 22.5 Å². The first-order chi connectivity index (χ1) is 9.56. The van der Waals surface area contributed by atoms with Crippen LogP contribution in [0.2, 0.25) is 0 Å². The number of carboxylic acids is 1. The predicted molar refractivity (Wildman–Crippen MR) is 79.5 cm³/mol. The van der Waals surface area contributed by atoms with Crippen LogP contribution in [0.4, 0.5) is 4.79 Å². The van der Waals surface area contributed by atoms with Gasteiger partial charge in [0, 0.05) is 11.8 Å². The maximum absolute atomic E-state index is 11.6. The number of carboxylic acid groups (broad SMARTS) is 1. The highest BCUT2D eigenvalue weighted by Crippen LogP contribution is 2.25. The standard InChI is InChI=1S/C12H17N3O3S2/c1-7-10(11(16)17)20-9(15-7)6-14-12(18)13-5-8-3-2-4-19-8/h8H,2-6H2,1H3,(H,16,17)(H2,13,14,18). The number of rotatable bonds is 5. The maximum Gasteiger partial charge on any atom is 0.347 e. The lowest BCUT2D eigenvalue weighted by molar-refractivity contribution is 0.0701. The minimum absolute atomic E-state index is 0.226. The zero-order valence-electron chi connectivity index (χ0n) is 11.1. The van der Waals surface area contributed by atoms with E-state index >= 15 is 0 Å². The third-order valence-corrected chi connectivity index (χ3v) is 5.49. The Kier molecular flexibility index (Phi) is 5.24. The summed E-state index contributed by atoms with van der Waals surface area (Å²) in [5.74, 6) is 0.193. The predicted octanol–water partition coefficient (Wildman–Crippen LogP) is 1.84. The number of hydrogen-bond acceptors (Lipinski definition) is 5. The molecule has 8 heteroatoms. The molecule has 2 rings (SSSR count). The van der Waals surface area contributed by atoms with Crippen LogP contribution in [0.1, 0.15) is 33.2 Å². The molecule has 1 fully saturated rings. The van der Waals surface area contributed by atoms with Gasteiger partial charge in [-0.2, -0.15) is 11.8 Å². The summed E-state index contributed by atoms with van der Waals surface area (Å²) in [6.45, 7) is 2.58. The highest BCUT2D eigenvalue weighted by molar-refractivity contribution is 8.00. The van der Waals surface area contributed by atoms with E-state index < -0.39 is 5.97 Å². The van der Waals surface area contributed by atoms with Crippen molar-refractivity contribution in [3.8, 4) is 0 Å².